The first kappa shape index (κ1) is 11.8. The van der Waals surface area contributed by atoms with Crippen molar-refractivity contribution < 1.29 is 0 Å². The van der Waals surface area contributed by atoms with E-state index in [4.69, 9.17) is 0 Å². The lowest BCUT2D eigenvalue weighted by Gasteiger charge is -2.14. The van der Waals surface area contributed by atoms with E-state index in [1.54, 1.807) is 5.56 Å². The van der Waals surface area contributed by atoms with E-state index in [0.717, 1.165) is 19.4 Å². The Labute approximate surface area is 109 Å². The molecule has 2 aromatic rings. The van der Waals surface area contributed by atoms with E-state index < -0.39 is 0 Å². The summed E-state index contributed by atoms with van der Waals surface area (Å²) in [7, 11) is 0. The summed E-state index contributed by atoms with van der Waals surface area (Å²) in [6.07, 6.45) is 4.83. The number of H-pyrrole nitrogens is 1. The smallest absolute Gasteiger partial charge is 0.0459 e. The molecule has 2 N–H and O–H groups in total. The molecule has 2 nitrogen and oxygen atoms in total. The Morgan fingerprint density at radius 1 is 1.33 bits per heavy atom. The number of aryl methyl sites for hydroxylation is 1. The van der Waals surface area contributed by atoms with Gasteiger partial charge < -0.3 is 10.3 Å². The van der Waals surface area contributed by atoms with Gasteiger partial charge in [-0.1, -0.05) is 25.0 Å². The van der Waals surface area contributed by atoms with Crippen molar-refractivity contribution in [2.75, 3.05) is 6.54 Å². The lowest BCUT2D eigenvalue weighted by Crippen LogP contribution is -2.30. The minimum atomic E-state index is 0.644. The van der Waals surface area contributed by atoms with Crippen molar-refractivity contribution in [3.8, 4) is 0 Å². The third kappa shape index (κ3) is 2.05. The Morgan fingerprint density at radius 2 is 2.22 bits per heavy atom. The van der Waals surface area contributed by atoms with E-state index >= 15 is 0 Å². The summed E-state index contributed by atoms with van der Waals surface area (Å²) >= 11 is 0. The van der Waals surface area contributed by atoms with Gasteiger partial charge in [0, 0.05) is 29.1 Å². The molecule has 1 atom stereocenters. The Balaban J connectivity index is 2.02. The molecule has 0 amide bonds. The highest BCUT2D eigenvalue weighted by atomic mass is 14.9. The van der Waals surface area contributed by atoms with Crippen LogP contribution in [0.2, 0.25) is 0 Å². The molecule has 0 saturated heterocycles. The van der Waals surface area contributed by atoms with Crippen LogP contribution >= 0.6 is 0 Å². The Morgan fingerprint density at radius 3 is 3.06 bits per heavy atom. The molecule has 0 aliphatic carbocycles. The second kappa shape index (κ2) is 4.77. The zero-order chi connectivity index (χ0) is 12.5. The van der Waals surface area contributed by atoms with Gasteiger partial charge in [-0.3, -0.25) is 0 Å². The van der Waals surface area contributed by atoms with E-state index in [0.29, 0.717) is 6.04 Å². The average molecular weight is 242 g/mol. The zero-order valence-electron chi connectivity index (χ0n) is 11.3. The van der Waals surface area contributed by atoms with Gasteiger partial charge in [-0.25, -0.2) is 0 Å². The molecule has 0 radical (unpaired) electrons. The van der Waals surface area contributed by atoms with E-state index in [1.165, 1.54) is 35.0 Å². The summed E-state index contributed by atoms with van der Waals surface area (Å²) in [5.74, 6) is 0. The number of benzene rings is 1. The third-order valence-electron chi connectivity index (χ3n) is 4.05. The fourth-order valence-corrected chi connectivity index (χ4v) is 3.15. The maximum Gasteiger partial charge on any atom is 0.0459 e. The highest BCUT2D eigenvalue weighted by molar-refractivity contribution is 5.85. The van der Waals surface area contributed by atoms with Crippen LogP contribution in [0.3, 0.4) is 0 Å². The van der Waals surface area contributed by atoms with E-state index in [2.05, 4.69) is 42.3 Å². The van der Waals surface area contributed by atoms with Crippen LogP contribution in [0.15, 0.2) is 18.2 Å². The predicted molar refractivity (Wildman–Crippen MR) is 77.1 cm³/mol. The van der Waals surface area contributed by atoms with Crippen molar-refractivity contribution in [1.82, 2.24) is 10.3 Å². The van der Waals surface area contributed by atoms with Crippen LogP contribution in [0, 0.1) is 6.92 Å². The molecule has 2 heterocycles. The Kier molecular flexibility index (Phi) is 3.13. The van der Waals surface area contributed by atoms with Gasteiger partial charge in [0.25, 0.3) is 0 Å². The predicted octanol–water partition coefficient (Wildman–Crippen LogP) is 3.33. The van der Waals surface area contributed by atoms with E-state index in [1.807, 2.05) is 0 Å². The van der Waals surface area contributed by atoms with Gasteiger partial charge in [-0.15, -0.1) is 0 Å². The van der Waals surface area contributed by atoms with Crippen molar-refractivity contribution >= 4 is 10.9 Å². The summed E-state index contributed by atoms with van der Waals surface area (Å²) in [4.78, 5) is 3.63. The van der Waals surface area contributed by atoms with Gasteiger partial charge in [-0.2, -0.15) is 0 Å². The topological polar surface area (TPSA) is 27.8 Å². The minimum absolute atomic E-state index is 0.644. The number of fused-ring (bicyclic) bond motifs is 3. The maximum absolute atomic E-state index is 3.67. The largest absolute Gasteiger partial charge is 0.358 e. The first-order valence-electron chi connectivity index (χ1n) is 7.11. The molecule has 1 aromatic heterocycles. The van der Waals surface area contributed by atoms with Crippen molar-refractivity contribution in [2.45, 2.75) is 45.6 Å². The summed E-state index contributed by atoms with van der Waals surface area (Å²) < 4.78 is 0. The van der Waals surface area contributed by atoms with Crippen molar-refractivity contribution in [3.63, 3.8) is 0 Å². The second-order valence-electron chi connectivity index (χ2n) is 5.52. The van der Waals surface area contributed by atoms with E-state index in [-0.39, 0.29) is 0 Å². The minimum Gasteiger partial charge on any atom is -0.358 e. The lowest BCUT2D eigenvalue weighted by atomic mass is 10.0. The summed E-state index contributed by atoms with van der Waals surface area (Å²) in [6, 6.07) is 7.39. The Hall–Kier alpha value is -1.28. The highest BCUT2D eigenvalue weighted by Gasteiger charge is 2.19. The van der Waals surface area contributed by atoms with Gasteiger partial charge in [0.05, 0.1) is 0 Å². The molecule has 18 heavy (non-hydrogen) atoms. The van der Waals surface area contributed by atoms with Crippen LogP contribution in [-0.4, -0.2) is 17.6 Å². The molecule has 96 valence electrons. The fourth-order valence-electron chi connectivity index (χ4n) is 3.15. The van der Waals surface area contributed by atoms with Crippen LogP contribution in [-0.2, 0) is 12.8 Å². The molecule has 0 spiro atoms. The molecule has 2 heteroatoms. The third-order valence-corrected chi connectivity index (χ3v) is 4.05. The van der Waals surface area contributed by atoms with Crippen LogP contribution in [0.5, 0.6) is 0 Å². The molecular weight excluding hydrogens is 220 g/mol. The van der Waals surface area contributed by atoms with Gasteiger partial charge >= 0.3 is 0 Å². The normalized spacial score (nSPS) is 19.8. The molecule has 1 aromatic carbocycles. The van der Waals surface area contributed by atoms with Gasteiger partial charge in [0.15, 0.2) is 0 Å². The SMILES string of the molecule is CCCC1Cc2[nH]c3ccc(C)cc3c2CCN1. The lowest BCUT2D eigenvalue weighted by molar-refractivity contribution is 0.486. The van der Waals surface area contributed by atoms with Crippen LogP contribution in [0.1, 0.15) is 36.6 Å². The first-order valence-corrected chi connectivity index (χ1v) is 7.11. The molecule has 1 unspecified atom stereocenters. The number of aromatic nitrogens is 1. The summed E-state index contributed by atoms with van der Waals surface area (Å²) in [5.41, 5.74) is 5.66. The molecule has 1 aliphatic heterocycles. The second-order valence-corrected chi connectivity index (χ2v) is 5.52. The zero-order valence-corrected chi connectivity index (χ0v) is 11.3. The number of rotatable bonds is 2. The van der Waals surface area contributed by atoms with Crippen LogP contribution in [0.25, 0.3) is 10.9 Å². The molecule has 0 saturated carbocycles. The maximum atomic E-state index is 3.67. The molecule has 0 fully saturated rings. The van der Waals surface area contributed by atoms with E-state index in [9.17, 15) is 0 Å². The summed E-state index contributed by atoms with van der Waals surface area (Å²) in [5, 5.41) is 5.11. The van der Waals surface area contributed by atoms with Crippen molar-refractivity contribution in [1.29, 1.82) is 0 Å². The van der Waals surface area contributed by atoms with Gasteiger partial charge in [-0.05, 0) is 44.0 Å². The molecule has 3 rings (SSSR count). The van der Waals surface area contributed by atoms with Gasteiger partial charge in [0.2, 0.25) is 0 Å². The number of hydrogen-bond donors (Lipinski definition) is 2. The molecular formula is C16H22N2. The first-order chi connectivity index (χ1) is 8.78. The standard InChI is InChI=1S/C16H22N2/c1-3-4-12-10-16-13(7-8-17-12)14-9-11(2)5-6-15(14)18-16/h5-6,9,12,17-18H,3-4,7-8,10H2,1-2H3. The molecule has 1 aliphatic rings. The quantitative estimate of drug-likeness (QED) is 0.830. The molecule has 0 bridgehead atoms. The monoisotopic (exact) mass is 242 g/mol. The van der Waals surface area contributed by atoms with Crippen molar-refractivity contribution in [3.05, 3.63) is 35.0 Å². The van der Waals surface area contributed by atoms with Crippen LogP contribution < -0.4 is 5.32 Å². The summed E-state index contributed by atoms with van der Waals surface area (Å²) in [6.45, 7) is 5.55. The Bertz CT molecular complexity index is 553. The van der Waals surface area contributed by atoms with Crippen molar-refractivity contribution in [2.24, 2.45) is 0 Å². The van der Waals surface area contributed by atoms with Gasteiger partial charge in [0.1, 0.15) is 0 Å². The average Bonchev–Trinajstić information content (AvgIpc) is 2.55. The van der Waals surface area contributed by atoms with Crippen LogP contribution in [0.4, 0.5) is 0 Å². The highest BCUT2D eigenvalue weighted by Crippen LogP contribution is 2.27. The number of aromatic amines is 1. The fraction of sp³-hybridized carbons (Fsp3) is 0.500. The number of hydrogen-bond acceptors (Lipinski definition) is 1. The number of nitrogens with one attached hydrogen (secondary N) is 2.